The number of carboxylic acid groups (broad SMARTS) is 1. The Kier molecular flexibility index (Phi) is 9.91. The topological polar surface area (TPSA) is 242 Å². The molecule has 3 aliphatic rings. The standard InChI is InChI=1S/C24H25N9O7S4/c25-24-30-18(32-44-24)15(31-40)20(36)29-16-21(37)33-17(23(38)39)13(9-42-22(16)33)43-12-2-1-5-26-11(12)8-41-7-6-27-19(35)10-3-4-14(34)28-10/h1-2,5,10,16,22,40H,3-4,6-9H2,(H,27,35)(H,28,34)(H,29,36)(H,38,39)(H2,25,30,32)/b31-15-/t10-,16?,22?/m0/s1. The molecular weight excluding hydrogens is 655 g/mol. The van der Waals surface area contributed by atoms with Gasteiger partial charge in [0.05, 0.1) is 5.69 Å². The SMILES string of the molecule is Nc1nc(/C(=N/O)C(=O)NC2C(=O)N3C(C(=O)O)=C(Sc4cccnc4CSCCNC(=O)[C@@H]4CCC(=O)N4)CSC23)ns1. The lowest BCUT2D eigenvalue weighted by Crippen LogP contribution is -2.71. The molecule has 2 aromatic heterocycles. The number of oxime groups is 1. The van der Waals surface area contributed by atoms with Crippen molar-refractivity contribution in [2.24, 2.45) is 5.16 Å². The summed E-state index contributed by atoms with van der Waals surface area (Å²) in [7, 11) is 0. The first kappa shape index (κ1) is 31.5. The van der Waals surface area contributed by atoms with Crippen molar-refractivity contribution in [2.45, 2.75) is 40.9 Å². The van der Waals surface area contributed by atoms with Crippen LogP contribution in [0.2, 0.25) is 0 Å². The minimum atomic E-state index is -1.29. The second-order valence-electron chi connectivity index (χ2n) is 9.40. The molecule has 2 unspecified atom stereocenters. The third-order valence-corrected chi connectivity index (χ3v) is 10.7. The van der Waals surface area contributed by atoms with Crippen LogP contribution in [-0.4, -0.2) is 100 Å². The van der Waals surface area contributed by atoms with Crippen molar-refractivity contribution in [3.63, 3.8) is 0 Å². The summed E-state index contributed by atoms with van der Waals surface area (Å²) >= 11 is 4.83. The average Bonchev–Trinajstić information content (AvgIpc) is 3.64. The number of carbonyl (C=O) groups is 5. The lowest BCUT2D eigenvalue weighted by molar-refractivity contribution is -0.150. The van der Waals surface area contributed by atoms with Crippen LogP contribution in [0.4, 0.5) is 5.13 Å². The van der Waals surface area contributed by atoms with E-state index in [1.165, 1.54) is 35.3 Å². The number of anilines is 1. The molecule has 20 heteroatoms. The Labute approximate surface area is 266 Å². The number of aromatic nitrogens is 3. The molecule has 0 radical (unpaired) electrons. The van der Waals surface area contributed by atoms with Crippen LogP contribution in [0.15, 0.2) is 39.0 Å². The number of carbonyl (C=O) groups excluding carboxylic acids is 4. The van der Waals surface area contributed by atoms with Crippen LogP contribution in [0, 0.1) is 0 Å². The Balaban J connectivity index is 1.20. The van der Waals surface area contributed by atoms with Gasteiger partial charge in [-0.3, -0.25) is 29.1 Å². The lowest BCUT2D eigenvalue weighted by Gasteiger charge is -2.49. The van der Waals surface area contributed by atoms with Crippen LogP contribution in [0.3, 0.4) is 0 Å². The number of nitrogens with zero attached hydrogens (tertiary/aromatic N) is 5. The van der Waals surface area contributed by atoms with Gasteiger partial charge < -0.3 is 32.0 Å². The Hall–Kier alpha value is -3.88. The van der Waals surface area contributed by atoms with Gasteiger partial charge in [0.1, 0.15) is 23.2 Å². The van der Waals surface area contributed by atoms with Gasteiger partial charge in [-0.05, 0) is 18.6 Å². The Morgan fingerprint density at radius 1 is 1.30 bits per heavy atom. The molecule has 44 heavy (non-hydrogen) atoms. The van der Waals surface area contributed by atoms with E-state index in [0.717, 1.165) is 21.3 Å². The molecule has 3 atom stereocenters. The number of nitrogens with one attached hydrogen (secondary N) is 3. The minimum Gasteiger partial charge on any atom is -0.477 e. The summed E-state index contributed by atoms with van der Waals surface area (Å²) in [5.41, 5.74) is 5.54. The Bertz CT molecular complexity index is 1570. The van der Waals surface area contributed by atoms with Gasteiger partial charge in [-0.1, -0.05) is 16.9 Å². The fourth-order valence-electron chi connectivity index (χ4n) is 4.51. The maximum absolute atomic E-state index is 13.1. The molecule has 0 aliphatic carbocycles. The van der Waals surface area contributed by atoms with Gasteiger partial charge in [0.15, 0.2) is 5.13 Å². The second-order valence-corrected chi connectivity index (χ2v) is 13.5. The van der Waals surface area contributed by atoms with E-state index in [4.69, 9.17) is 5.73 Å². The first-order chi connectivity index (χ1) is 21.2. The molecule has 0 aromatic carbocycles. The van der Waals surface area contributed by atoms with Crippen LogP contribution in [0.5, 0.6) is 0 Å². The number of β-lactam (4-membered cyclic amide) rings is 1. The zero-order chi connectivity index (χ0) is 31.4. The largest absolute Gasteiger partial charge is 0.477 e. The van der Waals surface area contributed by atoms with Crippen molar-refractivity contribution >= 4 is 87.3 Å². The molecule has 232 valence electrons. The van der Waals surface area contributed by atoms with E-state index in [9.17, 15) is 34.3 Å². The van der Waals surface area contributed by atoms with Crippen molar-refractivity contribution in [1.82, 2.24) is 35.2 Å². The summed E-state index contributed by atoms with van der Waals surface area (Å²) in [6.45, 7) is 0.409. The molecule has 7 N–H and O–H groups in total. The third-order valence-electron chi connectivity index (χ3n) is 6.57. The highest BCUT2D eigenvalue weighted by Gasteiger charge is 2.54. The first-order valence-corrected chi connectivity index (χ1v) is 16.8. The van der Waals surface area contributed by atoms with Crippen molar-refractivity contribution < 1.29 is 34.3 Å². The van der Waals surface area contributed by atoms with E-state index in [1.807, 2.05) is 6.07 Å². The number of rotatable bonds is 12. The first-order valence-electron chi connectivity index (χ1n) is 13.0. The number of aliphatic carboxylic acids is 1. The summed E-state index contributed by atoms with van der Waals surface area (Å²) in [6.07, 6.45) is 2.46. The molecule has 2 fully saturated rings. The van der Waals surface area contributed by atoms with E-state index >= 15 is 0 Å². The van der Waals surface area contributed by atoms with Crippen LogP contribution in [0.25, 0.3) is 0 Å². The number of nitrogen functional groups attached to an aromatic ring is 1. The van der Waals surface area contributed by atoms with Gasteiger partial charge in [-0.25, -0.2) is 4.79 Å². The van der Waals surface area contributed by atoms with Gasteiger partial charge in [0.2, 0.25) is 23.4 Å². The van der Waals surface area contributed by atoms with Crippen molar-refractivity contribution in [3.8, 4) is 0 Å². The third kappa shape index (κ3) is 6.76. The molecule has 5 rings (SSSR count). The fraction of sp³-hybridized carbons (Fsp3) is 0.375. The highest BCUT2D eigenvalue weighted by atomic mass is 32.2. The molecule has 0 bridgehead atoms. The Morgan fingerprint density at radius 3 is 2.80 bits per heavy atom. The smallest absolute Gasteiger partial charge is 0.353 e. The number of nitrogens with two attached hydrogens (primary N) is 1. The molecule has 5 heterocycles. The monoisotopic (exact) mass is 679 g/mol. The van der Waals surface area contributed by atoms with Gasteiger partial charge in [-0.2, -0.15) is 21.1 Å². The summed E-state index contributed by atoms with van der Waals surface area (Å²) < 4.78 is 3.83. The number of thioether (sulfide) groups is 3. The second kappa shape index (κ2) is 13.8. The summed E-state index contributed by atoms with van der Waals surface area (Å²) in [5.74, 6) is -2.02. The summed E-state index contributed by atoms with van der Waals surface area (Å²) in [6, 6.07) is 2.00. The lowest BCUT2D eigenvalue weighted by atomic mass is 10.0. The summed E-state index contributed by atoms with van der Waals surface area (Å²) in [4.78, 5) is 72.2. The van der Waals surface area contributed by atoms with Crippen LogP contribution in [-0.2, 0) is 29.7 Å². The van der Waals surface area contributed by atoms with Gasteiger partial charge >= 0.3 is 5.97 Å². The fourth-order valence-corrected chi connectivity index (χ4v) is 8.42. The molecule has 0 saturated carbocycles. The maximum Gasteiger partial charge on any atom is 0.353 e. The molecular formula is C24H25N9O7S4. The average molecular weight is 680 g/mol. The summed E-state index contributed by atoms with van der Waals surface area (Å²) in [5, 5.41) is 29.6. The van der Waals surface area contributed by atoms with Gasteiger partial charge in [-0.15, -0.1) is 11.8 Å². The molecule has 0 spiro atoms. The van der Waals surface area contributed by atoms with Crippen LogP contribution >= 0.6 is 46.8 Å². The molecule has 16 nitrogen and oxygen atoms in total. The normalized spacial score (nSPS) is 21.4. The number of amides is 4. The minimum absolute atomic E-state index is 0.0554. The van der Waals surface area contributed by atoms with Crippen LogP contribution < -0.4 is 21.7 Å². The number of pyridine rings is 1. The van der Waals surface area contributed by atoms with E-state index in [2.05, 4.69) is 35.4 Å². The zero-order valence-corrected chi connectivity index (χ0v) is 25.9. The molecule has 2 aromatic rings. The van der Waals surface area contributed by atoms with E-state index in [-0.39, 0.29) is 34.2 Å². The van der Waals surface area contributed by atoms with Gasteiger partial charge in [0, 0.05) is 57.8 Å². The van der Waals surface area contributed by atoms with Crippen LogP contribution in [0.1, 0.15) is 24.4 Å². The van der Waals surface area contributed by atoms with Gasteiger partial charge in [0.25, 0.3) is 11.8 Å². The predicted octanol–water partition coefficient (Wildman–Crippen LogP) is -0.190. The number of hydrogen-bond acceptors (Lipinski definition) is 15. The number of hydrogen-bond donors (Lipinski definition) is 6. The van der Waals surface area contributed by atoms with Crippen molar-refractivity contribution in [2.75, 3.05) is 23.8 Å². The Morgan fingerprint density at radius 2 is 2.11 bits per heavy atom. The van der Waals surface area contributed by atoms with Crippen molar-refractivity contribution in [3.05, 3.63) is 40.5 Å². The van der Waals surface area contributed by atoms with E-state index < -0.39 is 41.0 Å². The molecule has 4 amide bonds. The highest BCUT2D eigenvalue weighted by Crippen LogP contribution is 2.45. The van der Waals surface area contributed by atoms with E-state index in [1.54, 1.807) is 12.3 Å². The molecule has 2 saturated heterocycles. The highest BCUT2D eigenvalue weighted by molar-refractivity contribution is 8.06. The molecule has 3 aliphatic heterocycles. The maximum atomic E-state index is 13.1. The predicted molar refractivity (Wildman–Crippen MR) is 163 cm³/mol. The number of carboxylic acids is 1. The quantitative estimate of drug-likeness (QED) is 0.0560. The van der Waals surface area contributed by atoms with E-state index in [0.29, 0.717) is 41.5 Å². The van der Waals surface area contributed by atoms with Crippen molar-refractivity contribution in [1.29, 1.82) is 0 Å². The zero-order valence-electron chi connectivity index (χ0n) is 22.6. The number of fused-ring (bicyclic) bond motifs is 1.